The molecule has 1 atom stereocenters. The Bertz CT molecular complexity index is 1030. The molecule has 132 valence electrons. The van der Waals surface area contributed by atoms with Gasteiger partial charge in [0.15, 0.2) is 0 Å². The molecule has 1 N–H and O–H groups in total. The van der Waals surface area contributed by atoms with E-state index in [4.69, 9.17) is 4.98 Å². The lowest BCUT2D eigenvalue weighted by Crippen LogP contribution is -2.15. The topological polar surface area (TPSA) is 75.5 Å². The van der Waals surface area contributed by atoms with Crippen molar-refractivity contribution in [2.24, 2.45) is 0 Å². The first-order valence-electron chi connectivity index (χ1n) is 8.64. The number of hydrogen-bond donors (Lipinski definition) is 1. The Hall–Kier alpha value is -3.22. The Balaban J connectivity index is 1.72. The highest BCUT2D eigenvalue weighted by Gasteiger charge is 2.17. The second-order valence-corrected chi connectivity index (χ2v) is 6.41. The first-order chi connectivity index (χ1) is 12.7. The monoisotopic (exact) mass is 347 g/mol. The molecule has 4 heterocycles. The van der Waals surface area contributed by atoms with Crippen molar-refractivity contribution in [2.45, 2.75) is 19.4 Å². The van der Waals surface area contributed by atoms with Gasteiger partial charge < -0.3 is 9.88 Å². The SMILES string of the molecule is CCC(c1cccc(N(C)C)n1)n1cc(-c2ncnc3[nH]ccc23)cn1. The van der Waals surface area contributed by atoms with Gasteiger partial charge in [-0.05, 0) is 24.6 Å². The molecule has 0 amide bonds. The predicted molar refractivity (Wildman–Crippen MR) is 102 cm³/mol. The van der Waals surface area contributed by atoms with Crippen molar-refractivity contribution >= 4 is 16.9 Å². The molecule has 4 aromatic rings. The number of aromatic amines is 1. The standard InChI is InChI=1S/C19H21N7/c1-4-16(15-6-5-7-17(24-15)25(2)3)26-11-13(10-23-26)18-14-8-9-20-19(14)22-12-21-18/h5-12,16H,4H2,1-3H3,(H,20,21,22). The lowest BCUT2D eigenvalue weighted by molar-refractivity contribution is 0.498. The van der Waals surface area contributed by atoms with E-state index < -0.39 is 0 Å². The molecule has 0 saturated carbocycles. The van der Waals surface area contributed by atoms with Crippen LogP contribution in [0.2, 0.25) is 0 Å². The maximum atomic E-state index is 4.78. The van der Waals surface area contributed by atoms with Gasteiger partial charge in [-0.25, -0.2) is 15.0 Å². The van der Waals surface area contributed by atoms with Crippen molar-refractivity contribution in [3.8, 4) is 11.3 Å². The summed E-state index contributed by atoms with van der Waals surface area (Å²) in [6.07, 6.45) is 8.23. The minimum absolute atomic E-state index is 0.0761. The van der Waals surface area contributed by atoms with Gasteiger partial charge in [0.05, 0.1) is 23.6 Å². The molecule has 4 rings (SSSR count). The number of aromatic nitrogens is 6. The fraction of sp³-hybridized carbons (Fsp3) is 0.263. The Morgan fingerprint density at radius 2 is 2.08 bits per heavy atom. The Morgan fingerprint density at radius 1 is 1.19 bits per heavy atom. The van der Waals surface area contributed by atoms with E-state index in [9.17, 15) is 0 Å². The van der Waals surface area contributed by atoms with Crippen LogP contribution in [0, 0.1) is 0 Å². The first-order valence-corrected chi connectivity index (χ1v) is 8.64. The van der Waals surface area contributed by atoms with Crippen LogP contribution in [0.25, 0.3) is 22.3 Å². The van der Waals surface area contributed by atoms with Crippen molar-refractivity contribution in [1.82, 2.24) is 29.7 Å². The summed E-state index contributed by atoms with van der Waals surface area (Å²) < 4.78 is 1.97. The Kier molecular flexibility index (Phi) is 4.12. The molecule has 0 bridgehead atoms. The fourth-order valence-corrected chi connectivity index (χ4v) is 3.14. The normalized spacial score (nSPS) is 12.4. The molecule has 0 aliphatic heterocycles. The Labute approximate surface area is 151 Å². The zero-order valence-corrected chi connectivity index (χ0v) is 15.1. The maximum absolute atomic E-state index is 4.78. The van der Waals surface area contributed by atoms with Gasteiger partial charge in [-0.1, -0.05) is 13.0 Å². The second kappa shape index (κ2) is 6.59. The molecule has 0 fully saturated rings. The number of hydrogen-bond acceptors (Lipinski definition) is 5. The van der Waals surface area contributed by atoms with Crippen molar-refractivity contribution in [2.75, 3.05) is 19.0 Å². The molecule has 0 saturated heterocycles. The molecule has 0 aliphatic carbocycles. The van der Waals surface area contributed by atoms with Crippen LogP contribution < -0.4 is 4.90 Å². The van der Waals surface area contributed by atoms with Gasteiger partial charge in [-0.15, -0.1) is 0 Å². The minimum Gasteiger partial charge on any atom is -0.363 e. The van der Waals surface area contributed by atoms with Crippen molar-refractivity contribution in [3.63, 3.8) is 0 Å². The number of fused-ring (bicyclic) bond motifs is 1. The van der Waals surface area contributed by atoms with Crippen molar-refractivity contribution < 1.29 is 0 Å². The summed E-state index contributed by atoms with van der Waals surface area (Å²) in [6, 6.07) is 8.17. The van der Waals surface area contributed by atoms with E-state index >= 15 is 0 Å². The van der Waals surface area contributed by atoms with Gasteiger partial charge in [0.1, 0.15) is 17.8 Å². The number of anilines is 1. The molecule has 0 aliphatic rings. The van der Waals surface area contributed by atoms with Gasteiger partial charge in [0.25, 0.3) is 0 Å². The number of nitrogens with zero attached hydrogens (tertiary/aromatic N) is 6. The third-order valence-corrected chi connectivity index (χ3v) is 4.49. The van der Waals surface area contributed by atoms with Crippen LogP contribution in [0.1, 0.15) is 25.1 Å². The molecule has 0 radical (unpaired) electrons. The van der Waals surface area contributed by atoms with Crippen LogP contribution in [0.5, 0.6) is 0 Å². The quantitative estimate of drug-likeness (QED) is 0.599. The summed E-state index contributed by atoms with van der Waals surface area (Å²) >= 11 is 0. The lowest BCUT2D eigenvalue weighted by atomic mass is 10.1. The molecular weight excluding hydrogens is 326 g/mol. The van der Waals surface area contributed by atoms with Gasteiger partial charge in [0, 0.05) is 37.4 Å². The summed E-state index contributed by atoms with van der Waals surface area (Å²) in [5.41, 5.74) is 3.68. The van der Waals surface area contributed by atoms with E-state index in [1.807, 2.05) is 60.5 Å². The van der Waals surface area contributed by atoms with E-state index in [2.05, 4.69) is 33.0 Å². The van der Waals surface area contributed by atoms with Gasteiger partial charge >= 0.3 is 0 Å². The van der Waals surface area contributed by atoms with Crippen LogP contribution in [0.3, 0.4) is 0 Å². The first kappa shape index (κ1) is 16.3. The van der Waals surface area contributed by atoms with E-state index in [-0.39, 0.29) is 6.04 Å². The smallest absolute Gasteiger partial charge is 0.141 e. The van der Waals surface area contributed by atoms with Gasteiger partial charge in [0.2, 0.25) is 0 Å². The average molecular weight is 347 g/mol. The summed E-state index contributed by atoms with van der Waals surface area (Å²) in [6.45, 7) is 2.14. The van der Waals surface area contributed by atoms with E-state index in [1.54, 1.807) is 6.33 Å². The largest absolute Gasteiger partial charge is 0.363 e. The van der Waals surface area contributed by atoms with E-state index in [1.165, 1.54) is 0 Å². The molecular formula is C19H21N7. The molecule has 7 heteroatoms. The second-order valence-electron chi connectivity index (χ2n) is 6.41. The van der Waals surface area contributed by atoms with Crippen LogP contribution in [0.15, 0.2) is 49.2 Å². The number of pyridine rings is 1. The number of rotatable bonds is 5. The zero-order valence-electron chi connectivity index (χ0n) is 15.1. The highest BCUT2D eigenvalue weighted by molar-refractivity contribution is 5.89. The summed E-state index contributed by atoms with van der Waals surface area (Å²) in [5.74, 6) is 0.943. The van der Waals surface area contributed by atoms with Gasteiger partial charge in [-0.2, -0.15) is 5.10 Å². The van der Waals surface area contributed by atoms with Crippen molar-refractivity contribution in [1.29, 1.82) is 0 Å². The van der Waals surface area contributed by atoms with Crippen LogP contribution in [-0.2, 0) is 0 Å². The van der Waals surface area contributed by atoms with E-state index in [0.717, 1.165) is 40.2 Å². The Morgan fingerprint density at radius 3 is 2.88 bits per heavy atom. The summed E-state index contributed by atoms with van der Waals surface area (Å²) in [5, 5.41) is 5.59. The molecule has 4 aromatic heterocycles. The van der Waals surface area contributed by atoms with Gasteiger partial charge in [-0.3, -0.25) is 4.68 Å². The van der Waals surface area contributed by atoms with Crippen LogP contribution >= 0.6 is 0 Å². The predicted octanol–water partition coefficient (Wildman–Crippen LogP) is 3.28. The van der Waals surface area contributed by atoms with Crippen LogP contribution in [0.4, 0.5) is 5.82 Å². The molecule has 26 heavy (non-hydrogen) atoms. The molecule has 1 unspecified atom stereocenters. The molecule has 0 aromatic carbocycles. The highest BCUT2D eigenvalue weighted by atomic mass is 15.3. The summed E-state index contributed by atoms with van der Waals surface area (Å²) in [4.78, 5) is 18.6. The number of H-pyrrole nitrogens is 1. The number of nitrogens with one attached hydrogen (secondary N) is 1. The minimum atomic E-state index is 0.0761. The fourth-order valence-electron chi connectivity index (χ4n) is 3.14. The lowest BCUT2D eigenvalue weighted by Gasteiger charge is -2.18. The average Bonchev–Trinajstić information content (AvgIpc) is 3.32. The maximum Gasteiger partial charge on any atom is 0.141 e. The van der Waals surface area contributed by atoms with E-state index in [0.29, 0.717) is 0 Å². The third-order valence-electron chi connectivity index (χ3n) is 4.49. The summed E-state index contributed by atoms with van der Waals surface area (Å²) in [7, 11) is 3.99. The zero-order chi connectivity index (χ0) is 18.1. The third kappa shape index (κ3) is 2.81. The molecule has 7 nitrogen and oxygen atoms in total. The van der Waals surface area contributed by atoms with Crippen molar-refractivity contribution in [3.05, 3.63) is 54.9 Å². The van der Waals surface area contributed by atoms with Crippen LogP contribution in [-0.4, -0.2) is 43.8 Å². The highest BCUT2D eigenvalue weighted by Crippen LogP contribution is 2.27. The molecule has 0 spiro atoms.